The zero-order valence-corrected chi connectivity index (χ0v) is 18.2. The fraction of sp³-hybridized carbons (Fsp3) is 0.417. The Labute approximate surface area is 180 Å². The summed E-state index contributed by atoms with van der Waals surface area (Å²) in [6.45, 7) is 7.18. The number of imidazole rings is 1. The molecule has 4 nitrogen and oxygen atoms in total. The first kappa shape index (κ1) is 22.8. The molecule has 0 saturated carbocycles. The quantitative estimate of drug-likeness (QED) is 0.393. The molecular weight excluding hydrogens is 403 g/mol. The van der Waals surface area contributed by atoms with Crippen molar-refractivity contribution in [2.24, 2.45) is 5.92 Å². The van der Waals surface area contributed by atoms with Crippen LogP contribution in [0, 0.1) is 23.4 Å². The highest BCUT2D eigenvalue weighted by Gasteiger charge is 2.27. The number of nitrogens with zero attached hydrogens (tertiary/aromatic N) is 3. The number of aryl methyl sites for hydroxylation is 1. The number of unbranched alkanes of at least 4 members (excludes halogenated alkanes) is 1. The van der Waals surface area contributed by atoms with E-state index >= 15 is 0 Å². The van der Waals surface area contributed by atoms with E-state index in [1.165, 1.54) is 4.90 Å². The number of hydrogen-bond donors (Lipinski definition) is 0. The molecule has 0 N–H and O–H groups in total. The van der Waals surface area contributed by atoms with Gasteiger partial charge in [-0.3, -0.25) is 4.79 Å². The molecule has 0 atom stereocenters. The van der Waals surface area contributed by atoms with E-state index in [1.807, 2.05) is 42.7 Å². The topological polar surface area (TPSA) is 38.1 Å². The minimum atomic E-state index is -1.46. The van der Waals surface area contributed by atoms with E-state index in [9.17, 15) is 18.0 Å². The van der Waals surface area contributed by atoms with E-state index in [1.54, 1.807) is 0 Å². The third kappa shape index (κ3) is 5.09. The number of fused-ring (bicyclic) bond motifs is 1. The normalized spacial score (nSPS) is 11.5. The van der Waals surface area contributed by atoms with E-state index in [2.05, 4.69) is 11.9 Å². The van der Waals surface area contributed by atoms with Gasteiger partial charge in [-0.1, -0.05) is 39.3 Å². The van der Waals surface area contributed by atoms with Crippen molar-refractivity contribution >= 4 is 16.9 Å². The molecule has 1 heterocycles. The number of halogens is 3. The average molecular weight is 432 g/mol. The minimum Gasteiger partial charge on any atom is -0.331 e. The van der Waals surface area contributed by atoms with Crippen LogP contribution in [0.1, 0.15) is 56.2 Å². The second-order valence-corrected chi connectivity index (χ2v) is 8.15. The Hall–Kier alpha value is -2.83. The summed E-state index contributed by atoms with van der Waals surface area (Å²) in [5, 5.41) is 0. The molecule has 0 spiro atoms. The van der Waals surface area contributed by atoms with E-state index in [-0.39, 0.29) is 19.0 Å². The van der Waals surface area contributed by atoms with Crippen LogP contribution in [-0.4, -0.2) is 26.9 Å². The predicted molar refractivity (Wildman–Crippen MR) is 115 cm³/mol. The Kier molecular flexibility index (Phi) is 7.36. The van der Waals surface area contributed by atoms with Gasteiger partial charge in [0.15, 0.2) is 11.6 Å². The van der Waals surface area contributed by atoms with Gasteiger partial charge >= 0.3 is 0 Å². The molecule has 0 saturated heterocycles. The maximum Gasteiger partial charge on any atom is 0.260 e. The Morgan fingerprint density at radius 3 is 2.52 bits per heavy atom. The minimum absolute atomic E-state index is 0.0827. The van der Waals surface area contributed by atoms with Crippen LogP contribution in [-0.2, 0) is 13.1 Å². The highest BCUT2D eigenvalue weighted by atomic mass is 19.2. The number of amides is 1. The first-order chi connectivity index (χ1) is 14.8. The van der Waals surface area contributed by atoms with E-state index in [4.69, 9.17) is 0 Å². The van der Waals surface area contributed by atoms with Crippen LogP contribution in [0.5, 0.6) is 0 Å². The molecule has 1 amide bonds. The van der Waals surface area contributed by atoms with Crippen LogP contribution in [0.4, 0.5) is 13.2 Å². The Morgan fingerprint density at radius 1 is 1.10 bits per heavy atom. The fourth-order valence-corrected chi connectivity index (χ4v) is 3.53. The van der Waals surface area contributed by atoms with Crippen molar-refractivity contribution in [3.63, 3.8) is 0 Å². The summed E-state index contributed by atoms with van der Waals surface area (Å²) in [7, 11) is 0. The lowest BCUT2D eigenvalue weighted by Gasteiger charge is -2.24. The van der Waals surface area contributed by atoms with Crippen LogP contribution >= 0.6 is 0 Å². The first-order valence-electron chi connectivity index (χ1n) is 10.7. The largest absolute Gasteiger partial charge is 0.331 e. The van der Waals surface area contributed by atoms with Gasteiger partial charge in [-0.15, -0.1) is 0 Å². The zero-order valence-electron chi connectivity index (χ0n) is 18.2. The summed E-state index contributed by atoms with van der Waals surface area (Å²) >= 11 is 0. The standard InChI is InChI=1S/C24H28F3N3O/c1-4-5-13-30-20-9-7-6-8-19(20)28-21(30)15-29(14-12-16(2)3)24(31)22-17(25)10-11-18(26)23(22)27/h6-11,16H,4-5,12-15H2,1-3H3. The smallest absolute Gasteiger partial charge is 0.260 e. The molecular formula is C24H28F3N3O. The number of rotatable bonds is 9. The summed E-state index contributed by atoms with van der Waals surface area (Å²) in [5.41, 5.74) is 0.887. The lowest BCUT2D eigenvalue weighted by atomic mass is 10.1. The maximum atomic E-state index is 14.3. The van der Waals surface area contributed by atoms with Crippen molar-refractivity contribution in [3.8, 4) is 0 Å². The lowest BCUT2D eigenvalue weighted by Crippen LogP contribution is -2.34. The summed E-state index contributed by atoms with van der Waals surface area (Å²) < 4.78 is 44.4. The SMILES string of the molecule is CCCCn1c(CN(CCC(C)C)C(=O)c2c(F)ccc(F)c2F)nc2ccccc21. The molecule has 0 aliphatic heterocycles. The van der Waals surface area contributed by atoms with Crippen LogP contribution in [0.15, 0.2) is 36.4 Å². The van der Waals surface area contributed by atoms with Crippen molar-refractivity contribution in [1.82, 2.24) is 14.5 Å². The summed E-state index contributed by atoms with van der Waals surface area (Å²) in [6, 6.07) is 9.14. The van der Waals surface area contributed by atoms with Crippen molar-refractivity contribution in [3.05, 3.63) is 65.2 Å². The van der Waals surface area contributed by atoms with Gasteiger partial charge in [-0.25, -0.2) is 18.2 Å². The van der Waals surface area contributed by atoms with E-state index < -0.39 is 28.9 Å². The third-order valence-corrected chi connectivity index (χ3v) is 5.32. The van der Waals surface area contributed by atoms with Crippen LogP contribution < -0.4 is 0 Å². The summed E-state index contributed by atoms with van der Waals surface area (Å²) in [5.74, 6) is -3.73. The Bertz CT molecular complexity index is 1060. The van der Waals surface area contributed by atoms with Crippen molar-refractivity contribution in [2.45, 2.75) is 53.1 Å². The highest BCUT2D eigenvalue weighted by molar-refractivity contribution is 5.94. The number of carbonyl (C=O) groups excluding carboxylic acids is 1. The van der Waals surface area contributed by atoms with Crippen molar-refractivity contribution in [2.75, 3.05) is 6.54 Å². The molecule has 3 aromatic rings. The van der Waals surface area contributed by atoms with Gasteiger partial charge in [0.1, 0.15) is 17.2 Å². The number of aromatic nitrogens is 2. The highest BCUT2D eigenvalue weighted by Crippen LogP contribution is 2.22. The van der Waals surface area contributed by atoms with E-state index in [0.29, 0.717) is 18.3 Å². The van der Waals surface area contributed by atoms with E-state index in [0.717, 1.165) is 36.5 Å². The van der Waals surface area contributed by atoms with Gasteiger partial charge in [0.05, 0.1) is 17.6 Å². The number of benzene rings is 2. The van der Waals surface area contributed by atoms with Gasteiger partial charge in [0, 0.05) is 13.1 Å². The van der Waals surface area contributed by atoms with Crippen LogP contribution in [0.2, 0.25) is 0 Å². The molecule has 0 unspecified atom stereocenters. The molecule has 7 heteroatoms. The maximum absolute atomic E-state index is 14.3. The predicted octanol–water partition coefficient (Wildman–Crippen LogP) is 5.94. The molecule has 31 heavy (non-hydrogen) atoms. The second kappa shape index (κ2) is 9.98. The molecule has 1 aromatic heterocycles. The van der Waals surface area contributed by atoms with Crippen LogP contribution in [0.25, 0.3) is 11.0 Å². The zero-order chi connectivity index (χ0) is 22.5. The molecule has 3 rings (SSSR count). The van der Waals surface area contributed by atoms with Crippen molar-refractivity contribution < 1.29 is 18.0 Å². The average Bonchev–Trinajstić information content (AvgIpc) is 3.09. The molecule has 0 bridgehead atoms. The molecule has 0 aliphatic rings. The summed E-state index contributed by atoms with van der Waals surface area (Å²) in [4.78, 5) is 19.2. The molecule has 2 aromatic carbocycles. The summed E-state index contributed by atoms with van der Waals surface area (Å²) in [6.07, 6.45) is 2.56. The molecule has 166 valence electrons. The fourth-order valence-electron chi connectivity index (χ4n) is 3.53. The Morgan fingerprint density at radius 2 is 1.81 bits per heavy atom. The van der Waals surface area contributed by atoms with Gasteiger partial charge in [0.2, 0.25) is 0 Å². The van der Waals surface area contributed by atoms with Gasteiger partial charge < -0.3 is 9.47 Å². The number of hydrogen-bond acceptors (Lipinski definition) is 2. The van der Waals surface area contributed by atoms with Gasteiger partial charge in [-0.2, -0.15) is 0 Å². The monoisotopic (exact) mass is 431 g/mol. The van der Waals surface area contributed by atoms with Crippen LogP contribution in [0.3, 0.4) is 0 Å². The molecule has 0 aliphatic carbocycles. The lowest BCUT2D eigenvalue weighted by molar-refractivity contribution is 0.0718. The number of carbonyl (C=O) groups is 1. The van der Waals surface area contributed by atoms with Crippen molar-refractivity contribution in [1.29, 1.82) is 0 Å². The number of para-hydroxylation sites is 2. The molecule has 0 radical (unpaired) electrons. The Balaban J connectivity index is 2.01. The van der Waals surface area contributed by atoms with Gasteiger partial charge in [-0.05, 0) is 43.0 Å². The third-order valence-electron chi connectivity index (χ3n) is 5.32. The second-order valence-electron chi connectivity index (χ2n) is 8.15. The molecule has 0 fully saturated rings. The van der Waals surface area contributed by atoms with Gasteiger partial charge in [0.25, 0.3) is 5.91 Å². The first-order valence-corrected chi connectivity index (χ1v) is 10.7.